The number of aliphatic hydroxyl groups excluding tert-OH is 1. The van der Waals surface area contributed by atoms with E-state index in [-0.39, 0.29) is 12.6 Å². The van der Waals surface area contributed by atoms with Crippen LogP contribution in [0.25, 0.3) is 55.9 Å². The van der Waals surface area contributed by atoms with Crippen LogP contribution in [-0.4, -0.2) is 80.0 Å². The van der Waals surface area contributed by atoms with Gasteiger partial charge in [-0.2, -0.15) is 14.6 Å². The predicted octanol–water partition coefficient (Wildman–Crippen LogP) is 5.90. The number of anilines is 4. The van der Waals surface area contributed by atoms with Crippen molar-refractivity contribution in [1.82, 2.24) is 62.2 Å². The first-order chi connectivity index (χ1) is 29.8. The SMILES string of the molecule is Cc1cc(Nc2nc(CCC(N)CO)cn3c(-c4cnn(-c5cncn5-c5ccc(Nc6nc(-c7sccc7CN)cn7c(-c8cnn(C)c8)cnc67)cc5)c4)cnc23)sn1. The Labute approximate surface area is 356 Å². The van der Waals surface area contributed by atoms with Crippen molar-refractivity contribution in [2.45, 2.75) is 32.4 Å². The number of nitrogens with zero attached hydrogens (tertiary/aromatic N) is 13. The Kier molecular flexibility index (Phi) is 9.89. The molecule has 0 bridgehead atoms. The summed E-state index contributed by atoms with van der Waals surface area (Å²) in [5, 5.41) is 28.5. The number of aryl methyl sites for hydroxylation is 3. The Morgan fingerprint density at radius 2 is 1.61 bits per heavy atom. The zero-order valence-corrected chi connectivity index (χ0v) is 34.6. The molecule has 0 aliphatic carbocycles. The van der Waals surface area contributed by atoms with Gasteiger partial charge in [-0.1, -0.05) is 0 Å². The molecule has 0 aliphatic heterocycles. The molecule has 9 heterocycles. The molecule has 0 saturated heterocycles. The maximum absolute atomic E-state index is 9.54. The Morgan fingerprint density at radius 3 is 2.33 bits per heavy atom. The Morgan fingerprint density at radius 1 is 0.852 bits per heavy atom. The molecular formula is C41H39N17OS2. The molecule has 20 heteroatoms. The first-order valence-corrected chi connectivity index (χ1v) is 21.0. The average Bonchev–Trinajstić information content (AvgIpc) is 4.13. The summed E-state index contributed by atoms with van der Waals surface area (Å²) in [6.45, 7) is 2.26. The van der Waals surface area contributed by atoms with Crippen LogP contribution in [0.4, 0.5) is 22.3 Å². The molecule has 61 heavy (non-hydrogen) atoms. The van der Waals surface area contributed by atoms with E-state index in [1.54, 1.807) is 39.4 Å². The summed E-state index contributed by atoms with van der Waals surface area (Å²) in [6, 6.07) is 11.7. The van der Waals surface area contributed by atoms with E-state index in [4.69, 9.17) is 36.5 Å². The van der Waals surface area contributed by atoms with E-state index in [1.165, 1.54) is 11.5 Å². The van der Waals surface area contributed by atoms with Crippen molar-refractivity contribution in [3.63, 3.8) is 0 Å². The van der Waals surface area contributed by atoms with Crippen LogP contribution < -0.4 is 22.1 Å². The predicted molar refractivity (Wildman–Crippen MR) is 236 cm³/mol. The number of benzene rings is 1. The number of fused-ring (bicyclic) bond motifs is 2. The lowest BCUT2D eigenvalue weighted by Gasteiger charge is -2.12. The number of aliphatic hydroxyl groups is 1. The Bertz CT molecular complexity index is 3150. The first-order valence-electron chi connectivity index (χ1n) is 19.3. The standard InChI is InChI=1S/C41H39N17OS2/c1-24-11-35(61-53-24)52-39-41-46-16-34(55(41)20-30(50-39)4-3-28(43)22-59)27-14-48-58(19-27)36-17-44-23-57(36)31-7-5-29(6-8-31)49-38-40-45-15-33(26-13-47-54(2)18-26)56(40)21-32(51-38)37-25(12-42)9-10-60-37/h5-11,13-21,23,28,59H,3-4,12,22,42-43H2,1-2H3,(H,49,51)(H,50,52). The highest BCUT2D eigenvalue weighted by Gasteiger charge is 2.20. The van der Waals surface area contributed by atoms with Crippen molar-refractivity contribution in [1.29, 1.82) is 0 Å². The second-order valence-electron chi connectivity index (χ2n) is 14.5. The van der Waals surface area contributed by atoms with Crippen molar-refractivity contribution in [3.05, 3.63) is 121 Å². The van der Waals surface area contributed by atoms with Crippen LogP contribution in [0.1, 0.15) is 23.4 Å². The second kappa shape index (κ2) is 15.8. The van der Waals surface area contributed by atoms with Crippen molar-refractivity contribution in [2.24, 2.45) is 18.5 Å². The molecule has 0 fully saturated rings. The summed E-state index contributed by atoms with van der Waals surface area (Å²) in [7, 11) is 1.89. The molecule has 0 saturated carbocycles. The van der Waals surface area contributed by atoms with Crippen LogP contribution in [0.3, 0.4) is 0 Å². The lowest BCUT2D eigenvalue weighted by molar-refractivity contribution is 0.260. The van der Waals surface area contributed by atoms with E-state index in [2.05, 4.69) is 25.1 Å². The highest BCUT2D eigenvalue weighted by Crippen LogP contribution is 2.34. The smallest absolute Gasteiger partial charge is 0.180 e. The maximum Gasteiger partial charge on any atom is 0.180 e. The largest absolute Gasteiger partial charge is 0.395 e. The summed E-state index contributed by atoms with van der Waals surface area (Å²) in [4.78, 5) is 25.0. The lowest BCUT2D eigenvalue weighted by atomic mass is 10.1. The van der Waals surface area contributed by atoms with E-state index >= 15 is 0 Å². The van der Waals surface area contributed by atoms with Crippen LogP contribution in [0.15, 0.2) is 104 Å². The topological polar surface area (TPSA) is 223 Å². The van der Waals surface area contributed by atoms with E-state index in [9.17, 15) is 5.11 Å². The fourth-order valence-corrected chi connectivity index (χ4v) is 8.72. The van der Waals surface area contributed by atoms with Gasteiger partial charge in [-0.05, 0) is 78.6 Å². The molecule has 9 aromatic heterocycles. The van der Waals surface area contributed by atoms with Gasteiger partial charge in [-0.3, -0.25) is 18.1 Å². The maximum atomic E-state index is 9.54. The zero-order chi connectivity index (χ0) is 41.6. The number of hydrogen-bond donors (Lipinski definition) is 5. The molecule has 306 valence electrons. The van der Waals surface area contributed by atoms with Crippen LogP contribution >= 0.6 is 22.9 Å². The van der Waals surface area contributed by atoms with Crippen LogP contribution in [-0.2, 0) is 20.0 Å². The summed E-state index contributed by atoms with van der Waals surface area (Å²) in [5.74, 6) is 1.95. The minimum absolute atomic E-state index is 0.0938. The molecule has 18 nitrogen and oxygen atoms in total. The van der Waals surface area contributed by atoms with Crippen molar-refractivity contribution < 1.29 is 5.11 Å². The summed E-state index contributed by atoms with van der Waals surface area (Å²) in [6.07, 6.45) is 19.9. The van der Waals surface area contributed by atoms with Gasteiger partial charge < -0.3 is 27.2 Å². The molecule has 1 unspecified atom stereocenters. The highest BCUT2D eigenvalue weighted by molar-refractivity contribution is 7.13. The third-order valence-electron chi connectivity index (χ3n) is 10.3. The number of nitrogens with one attached hydrogen (secondary N) is 2. The second-order valence-corrected chi connectivity index (χ2v) is 16.2. The summed E-state index contributed by atoms with van der Waals surface area (Å²) >= 11 is 2.97. The van der Waals surface area contributed by atoms with Gasteiger partial charge in [0, 0.05) is 66.9 Å². The van der Waals surface area contributed by atoms with Crippen molar-refractivity contribution in [2.75, 3.05) is 17.2 Å². The monoisotopic (exact) mass is 849 g/mol. The van der Waals surface area contributed by atoms with Gasteiger partial charge in [-0.25, -0.2) is 29.6 Å². The number of imidazole rings is 3. The van der Waals surface area contributed by atoms with Crippen molar-refractivity contribution in [3.8, 4) is 44.6 Å². The zero-order valence-electron chi connectivity index (χ0n) is 33.0. The molecule has 10 rings (SSSR count). The van der Waals surface area contributed by atoms with Crippen molar-refractivity contribution >= 4 is 56.5 Å². The van der Waals surface area contributed by atoms with Gasteiger partial charge >= 0.3 is 0 Å². The first kappa shape index (κ1) is 38.1. The number of rotatable bonds is 14. The van der Waals surface area contributed by atoms with Gasteiger partial charge in [-0.15, -0.1) is 11.3 Å². The lowest BCUT2D eigenvalue weighted by Crippen LogP contribution is -2.25. The van der Waals surface area contributed by atoms with E-state index < -0.39 is 0 Å². The molecule has 0 amide bonds. The number of nitrogens with two attached hydrogens (primary N) is 2. The Hall–Kier alpha value is -7.10. The normalized spacial score (nSPS) is 12.2. The number of aromatic nitrogens is 13. The van der Waals surface area contributed by atoms with Gasteiger partial charge in [0.05, 0.1) is 70.9 Å². The molecule has 7 N–H and O–H groups in total. The fraction of sp³-hybridized carbons (Fsp3) is 0.171. The molecule has 1 atom stereocenters. The number of thiophene rings is 1. The van der Waals surface area contributed by atoms with Gasteiger partial charge in [0.2, 0.25) is 0 Å². The summed E-state index contributed by atoms with van der Waals surface area (Å²) < 4.78 is 14.0. The molecule has 0 aliphatic rings. The summed E-state index contributed by atoms with van der Waals surface area (Å²) in [5.41, 5.74) is 22.3. The molecular weight excluding hydrogens is 811 g/mol. The molecule has 0 spiro atoms. The Balaban J connectivity index is 0.943. The highest BCUT2D eigenvalue weighted by atomic mass is 32.1. The van der Waals surface area contributed by atoms with E-state index in [0.717, 1.165) is 72.2 Å². The van der Waals surface area contributed by atoms with E-state index in [0.29, 0.717) is 42.3 Å². The quantitative estimate of drug-likeness (QED) is 0.0861. The van der Waals surface area contributed by atoms with Gasteiger partial charge in [0.25, 0.3) is 0 Å². The molecule has 0 radical (unpaired) electrons. The van der Waals surface area contributed by atoms with Crippen LogP contribution in [0.2, 0.25) is 0 Å². The molecule has 1 aromatic carbocycles. The molecule has 10 aromatic rings. The third-order valence-corrected chi connectivity index (χ3v) is 12.0. The van der Waals surface area contributed by atoms with Gasteiger partial charge in [0.1, 0.15) is 11.3 Å². The van der Waals surface area contributed by atoms with E-state index in [1.807, 2.05) is 112 Å². The number of hydrogen-bond acceptors (Lipinski definition) is 15. The fourth-order valence-electron chi connectivity index (χ4n) is 7.17. The van der Waals surface area contributed by atoms with Gasteiger partial charge in [0.15, 0.2) is 28.7 Å². The van der Waals surface area contributed by atoms with Crippen LogP contribution in [0.5, 0.6) is 0 Å². The van der Waals surface area contributed by atoms with Crippen LogP contribution in [0, 0.1) is 6.92 Å². The minimum atomic E-state index is -0.341. The third kappa shape index (κ3) is 7.31. The minimum Gasteiger partial charge on any atom is -0.395 e. The average molecular weight is 850 g/mol.